The first-order valence-electron chi connectivity index (χ1n) is 3.60. The van der Waals surface area contributed by atoms with Gasteiger partial charge in [0.1, 0.15) is 0 Å². The summed E-state index contributed by atoms with van der Waals surface area (Å²) < 4.78 is 0. The van der Waals surface area contributed by atoms with E-state index in [0.717, 1.165) is 0 Å². The number of nitrogens with one attached hydrogen (secondary N) is 1. The molecule has 0 heterocycles. The number of rotatable bonds is 4. The molecule has 0 spiro atoms. The maximum absolute atomic E-state index is 10.9. The number of hydrogen-bond donors (Lipinski definition) is 2. The monoisotopic (exact) mass is 174 g/mol. The van der Waals surface area contributed by atoms with Crippen molar-refractivity contribution in [3.63, 3.8) is 0 Å². The third-order valence-corrected chi connectivity index (χ3v) is 1.25. The zero-order valence-electron chi connectivity index (χ0n) is 6.89. The van der Waals surface area contributed by atoms with E-state index in [1.807, 2.05) is 13.8 Å². The van der Waals surface area contributed by atoms with E-state index in [2.05, 4.69) is 17.5 Å². The Morgan fingerprint density at radius 1 is 1.55 bits per heavy atom. The average Bonchev–Trinajstić information content (AvgIpc) is 1.82. The standard InChI is InChI=1S/C7H14N2OS/c1-5(2)9-7(10)4-3-6(8)11/h5H,3-4H2,1-2H3,(H2,8,11)(H,9,10). The molecule has 3 N–H and O–H groups in total. The Morgan fingerprint density at radius 2 is 2.09 bits per heavy atom. The molecule has 0 fully saturated rings. The van der Waals surface area contributed by atoms with Crippen molar-refractivity contribution in [2.45, 2.75) is 32.7 Å². The van der Waals surface area contributed by atoms with Crippen molar-refractivity contribution in [3.8, 4) is 0 Å². The van der Waals surface area contributed by atoms with Gasteiger partial charge in [-0.05, 0) is 13.8 Å². The number of amides is 1. The third kappa shape index (κ3) is 7.25. The highest BCUT2D eigenvalue weighted by molar-refractivity contribution is 7.80. The third-order valence-electron chi connectivity index (χ3n) is 1.05. The summed E-state index contributed by atoms with van der Waals surface area (Å²) in [5.74, 6) is 0.00722. The predicted octanol–water partition coefficient (Wildman–Crippen LogP) is 0.577. The fourth-order valence-corrected chi connectivity index (χ4v) is 0.733. The Morgan fingerprint density at radius 3 is 2.45 bits per heavy atom. The largest absolute Gasteiger partial charge is 0.393 e. The van der Waals surface area contributed by atoms with Crippen LogP contribution in [0.1, 0.15) is 26.7 Å². The molecule has 0 atom stereocenters. The smallest absolute Gasteiger partial charge is 0.220 e. The minimum absolute atomic E-state index is 0.00722. The second-order valence-electron chi connectivity index (χ2n) is 2.69. The quantitative estimate of drug-likeness (QED) is 0.613. The van der Waals surface area contributed by atoms with Crippen LogP contribution in [0.2, 0.25) is 0 Å². The molecular formula is C7H14N2OS. The van der Waals surface area contributed by atoms with Gasteiger partial charge in [-0.3, -0.25) is 4.79 Å². The zero-order chi connectivity index (χ0) is 8.85. The van der Waals surface area contributed by atoms with Crippen molar-refractivity contribution in [1.29, 1.82) is 0 Å². The van der Waals surface area contributed by atoms with Gasteiger partial charge in [-0.15, -0.1) is 0 Å². The second kappa shape index (κ2) is 5.07. The second-order valence-corrected chi connectivity index (χ2v) is 3.21. The molecular weight excluding hydrogens is 160 g/mol. The Balaban J connectivity index is 3.45. The zero-order valence-corrected chi connectivity index (χ0v) is 7.70. The van der Waals surface area contributed by atoms with Crippen molar-refractivity contribution in [1.82, 2.24) is 5.32 Å². The highest BCUT2D eigenvalue weighted by Crippen LogP contribution is 1.90. The maximum atomic E-state index is 10.9. The highest BCUT2D eigenvalue weighted by atomic mass is 32.1. The summed E-state index contributed by atoms with van der Waals surface area (Å²) in [4.78, 5) is 11.3. The number of carbonyl (C=O) groups excluding carboxylic acids is 1. The fourth-order valence-electron chi connectivity index (χ4n) is 0.631. The molecule has 0 radical (unpaired) electrons. The molecule has 0 unspecified atom stereocenters. The first-order chi connectivity index (χ1) is 5.02. The van der Waals surface area contributed by atoms with Gasteiger partial charge in [-0.25, -0.2) is 0 Å². The molecule has 0 rings (SSSR count). The molecule has 0 aromatic heterocycles. The van der Waals surface area contributed by atoms with Crippen LogP contribution in [0.5, 0.6) is 0 Å². The number of carbonyl (C=O) groups is 1. The fraction of sp³-hybridized carbons (Fsp3) is 0.714. The van der Waals surface area contributed by atoms with Crippen LogP contribution in [0.3, 0.4) is 0 Å². The van der Waals surface area contributed by atoms with Crippen molar-refractivity contribution < 1.29 is 4.79 Å². The van der Waals surface area contributed by atoms with Crippen LogP contribution in [0.25, 0.3) is 0 Å². The normalized spacial score (nSPS) is 9.73. The molecule has 0 saturated heterocycles. The summed E-state index contributed by atoms with van der Waals surface area (Å²) in [5, 5.41) is 2.74. The van der Waals surface area contributed by atoms with Crippen LogP contribution in [0.4, 0.5) is 0 Å². The maximum Gasteiger partial charge on any atom is 0.220 e. The lowest BCUT2D eigenvalue weighted by Gasteiger charge is -2.06. The first-order valence-corrected chi connectivity index (χ1v) is 4.01. The lowest BCUT2D eigenvalue weighted by atomic mass is 10.3. The van der Waals surface area contributed by atoms with Gasteiger partial charge >= 0.3 is 0 Å². The van der Waals surface area contributed by atoms with Gasteiger partial charge in [0.15, 0.2) is 0 Å². The van der Waals surface area contributed by atoms with E-state index in [0.29, 0.717) is 17.8 Å². The van der Waals surface area contributed by atoms with Gasteiger partial charge in [-0.2, -0.15) is 0 Å². The molecule has 0 bridgehead atoms. The minimum Gasteiger partial charge on any atom is -0.393 e. The van der Waals surface area contributed by atoms with Crippen molar-refractivity contribution in [2.24, 2.45) is 5.73 Å². The minimum atomic E-state index is 0.00722. The summed E-state index contributed by atoms with van der Waals surface area (Å²) in [5.41, 5.74) is 5.22. The van der Waals surface area contributed by atoms with Crippen LogP contribution >= 0.6 is 12.2 Å². The first kappa shape index (κ1) is 10.4. The molecule has 3 nitrogen and oxygen atoms in total. The van der Waals surface area contributed by atoms with Crippen LogP contribution in [0.15, 0.2) is 0 Å². The van der Waals surface area contributed by atoms with Crippen LogP contribution in [-0.2, 0) is 4.79 Å². The van der Waals surface area contributed by atoms with Gasteiger partial charge in [0.25, 0.3) is 0 Å². The molecule has 11 heavy (non-hydrogen) atoms. The number of nitrogens with two attached hydrogens (primary N) is 1. The van der Waals surface area contributed by atoms with E-state index in [-0.39, 0.29) is 11.9 Å². The van der Waals surface area contributed by atoms with E-state index in [9.17, 15) is 4.79 Å². The van der Waals surface area contributed by atoms with E-state index in [1.165, 1.54) is 0 Å². The summed E-state index contributed by atoms with van der Waals surface area (Å²) in [6.07, 6.45) is 0.890. The average molecular weight is 174 g/mol. The lowest BCUT2D eigenvalue weighted by molar-refractivity contribution is -0.121. The molecule has 0 aliphatic heterocycles. The van der Waals surface area contributed by atoms with Gasteiger partial charge < -0.3 is 11.1 Å². The van der Waals surface area contributed by atoms with Crippen LogP contribution in [0, 0.1) is 0 Å². The molecule has 0 aliphatic rings. The van der Waals surface area contributed by atoms with Crippen molar-refractivity contribution >= 4 is 23.1 Å². The molecule has 1 amide bonds. The summed E-state index contributed by atoms with van der Waals surface area (Å²) in [7, 11) is 0. The Bertz CT molecular complexity index is 157. The molecule has 0 aliphatic carbocycles. The highest BCUT2D eigenvalue weighted by Gasteiger charge is 2.02. The summed E-state index contributed by atoms with van der Waals surface area (Å²) in [6, 6.07) is 0.189. The van der Waals surface area contributed by atoms with Crippen molar-refractivity contribution in [2.75, 3.05) is 0 Å². The lowest BCUT2D eigenvalue weighted by Crippen LogP contribution is -2.30. The summed E-state index contributed by atoms with van der Waals surface area (Å²) in [6.45, 7) is 3.83. The van der Waals surface area contributed by atoms with E-state index >= 15 is 0 Å². The van der Waals surface area contributed by atoms with Crippen molar-refractivity contribution in [3.05, 3.63) is 0 Å². The molecule has 4 heteroatoms. The van der Waals surface area contributed by atoms with Gasteiger partial charge in [0, 0.05) is 18.9 Å². The predicted molar refractivity (Wildman–Crippen MR) is 49.3 cm³/mol. The Labute approximate surface area is 72.3 Å². The van der Waals surface area contributed by atoms with Crippen LogP contribution < -0.4 is 11.1 Å². The number of hydrogen-bond acceptors (Lipinski definition) is 2. The number of thiocarbonyl (C=S) groups is 1. The molecule has 0 aromatic rings. The topological polar surface area (TPSA) is 55.1 Å². The molecule has 0 saturated carbocycles. The summed E-state index contributed by atoms with van der Waals surface area (Å²) >= 11 is 4.63. The molecule has 0 aromatic carbocycles. The Kier molecular flexibility index (Phi) is 4.77. The van der Waals surface area contributed by atoms with Gasteiger partial charge in [0.05, 0.1) is 4.99 Å². The van der Waals surface area contributed by atoms with E-state index in [1.54, 1.807) is 0 Å². The SMILES string of the molecule is CC(C)NC(=O)CCC(N)=S. The molecule has 64 valence electrons. The van der Waals surface area contributed by atoms with Crippen LogP contribution in [-0.4, -0.2) is 16.9 Å². The van der Waals surface area contributed by atoms with Gasteiger partial charge in [-0.1, -0.05) is 12.2 Å². The van der Waals surface area contributed by atoms with E-state index < -0.39 is 0 Å². The van der Waals surface area contributed by atoms with Gasteiger partial charge in [0.2, 0.25) is 5.91 Å². The Hall–Kier alpha value is -0.640. The van der Waals surface area contributed by atoms with E-state index in [4.69, 9.17) is 5.73 Å².